The number of carbonyl (C=O) groups is 1. The Morgan fingerprint density at radius 1 is 1.32 bits per heavy atom. The first-order valence-corrected chi connectivity index (χ1v) is 6.42. The highest BCUT2D eigenvalue weighted by molar-refractivity contribution is 5.88. The van der Waals surface area contributed by atoms with Crippen molar-refractivity contribution < 1.29 is 9.53 Å². The van der Waals surface area contributed by atoms with Gasteiger partial charge < -0.3 is 4.74 Å². The highest BCUT2D eigenvalue weighted by Crippen LogP contribution is 2.25. The Balaban J connectivity index is 2.89. The van der Waals surface area contributed by atoms with Gasteiger partial charge in [0.1, 0.15) is 5.92 Å². The van der Waals surface area contributed by atoms with E-state index in [1.54, 1.807) is 7.11 Å². The lowest BCUT2D eigenvalue weighted by Gasteiger charge is -2.19. The van der Waals surface area contributed by atoms with Gasteiger partial charge in [-0.3, -0.25) is 4.79 Å². The maximum atomic E-state index is 11.9. The first kappa shape index (κ1) is 15.4. The monoisotopic (exact) mass is 259 g/mol. The average Bonchev–Trinajstić information content (AvgIpc) is 2.37. The molecule has 0 bridgehead atoms. The summed E-state index contributed by atoms with van der Waals surface area (Å²) in [6, 6.07) is 9.81. The molecular weight excluding hydrogens is 238 g/mol. The van der Waals surface area contributed by atoms with Crippen LogP contribution in [0.25, 0.3) is 0 Å². The smallest absolute Gasteiger partial charge is 0.156 e. The molecule has 19 heavy (non-hydrogen) atoms. The SMILES string of the molecule is COCCC(=O)C(C#N)c1ccc(C(C)(C)C)cc1. The minimum absolute atomic E-state index is 0.0702. The number of ketones is 1. The van der Waals surface area contributed by atoms with Crippen molar-refractivity contribution >= 4 is 5.78 Å². The summed E-state index contributed by atoms with van der Waals surface area (Å²) in [6.45, 7) is 6.76. The Kier molecular flexibility index (Phi) is 5.26. The van der Waals surface area contributed by atoms with Crippen LogP contribution < -0.4 is 0 Å². The number of ether oxygens (including phenoxy) is 1. The van der Waals surface area contributed by atoms with Crippen LogP contribution in [0.3, 0.4) is 0 Å². The normalized spacial score (nSPS) is 12.8. The predicted octanol–water partition coefficient (Wildman–Crippen LogP) is 3.20. The lowest BCUT2D eigenvalue weighted by atomic mass is 9.85. The van der Waals surface area contributed by atoms with Gasteiger partial charge >= 0.3 is 0 Å². The van der Waals surface area contributed by atoms with E-state index in [4.69, 9.17) is 10.00 Å². The van der Waals surface area contributed by atoms with Crippen molar-refractivity contribution in [3.8, 4) is 6.07 Å². The minimum Gasteiger partial charge on any atom is -0.384 e. The van der Waals surface area contributed by atoms with E-state index >= 15 is 0 Å². The number of nitrogens with zero attached hydrogens (tertiary/aromatic N) is 1. The van der Waals surface area contributed by atoms with E-state index in [2.05, 4.69) is 26.8 Å². The molecule has 1 aromatic carbocycles. The molecule has 0 aromatic heterocycles. The van der Waals surface area contributed by atoms with Gasteiger partial charge in [0, 0.05) is 13.5 Å². The molecule has 0 N–H and O–H groups in total. The molecule has 0 amide bonds. The summed E-state index contributed by atoms with van der Waals surface area (Å²) in [4.78, 5) is 11.9. The van der Waals surface area contributed by atoms with E-state index in [9.17, 15) is 4.79 Å². The predicted molar refractivity (Wildman–Crippen MR) is 75.0 cm³/mol. The van der Waals surface area contributed by atoms with E-state index in [1.165, 1.54) is 5.56 Å². The highest BCUT2D eigenvalue weighted by atomic mass is 16.5. The van der Waals surface area contributed by atoms with Gasteiger partial charge in [-0.05, 0) is 16.5 Å². The molecule has 3 heteroatoms. The fourth-order valence-electron chi connectivity index (χ4n) is 1.85. The van der Waals surface area contributed by atoms with Gasteiger partial charge in [-0.1, -0.05) is 45.0 Å². The van der Waals surface area contributed by atoms with E-state index in [0.717, 1.165) is 5.56 Å². The van der Waals surface area contributed by atoms with Gasteiger partial charge in [0.15, 0.2) is 5.78 Å². The van der Waals surface area contributed by atoms with Gasteiger partial charge in [-0.2, -0.15) is 5.26 Å². The zero-order valence-corrected chi connectivity index (χ0v) is 12.1. The van der Waals surface area contributed by atoms with Gasteiger partial charge in [-0.25, -0.2) is 0 Å². The fourth-order valence-corrected chi connectivity index (χ4v) is 1.85. The summed E-state index contributed by atoms with van der Waals surface area (Å²) in [5.74, 6) is -0.781. The maximum absolute atomic E-state index is 11.9. The van der Waals surface area contributed by atoms with E-state index in [0.29, 0.717) is 6.61 Å². The van der Waals surface area contributed by atoms with Crippen molar-refractivity contribution in [3.05, 3.63) is 35.4 Å². The molecule has 3 nitrogen and oxygen atoms in total. The molecule has 0 aliphatic rings. The van der Waals surface area contributed by atoms with Crippen molar-refractivity contribution in [3.63, 3.8) is 0 Å². The molecule has 1 rings (SSSR count). The van der Waals surface area contributed by atoms with E-state index in [1.807, 2.05) is 24.3 Å². The number of Topliss-reactive ketones (excluding diaryl/α,β-unsaturated/α-hetero) is 1. The molecular formula is C16H21NO2. The second-order valence-electron chi connectivity index (χ2n) is 5.64. The lowest BCUT2D eigenvalue weighted by molar-refractivity contribution is -0.120. The third-order valence-electron chi connectivity index (χ3n) is 3.11. The topological polar surface area (TPSA) is 50.1 Å². The summed E-state index contributed by atoms with van der Waals surface area (Å²) in [5, 5.41) is 9.17. The van der Waals surface area contributed by atoms with Crippen LogP contribution in [0.1, 0.15) is 44.2 Å². The van der Waals surface area contributed by atoms with Crippen LogP contribution in [0.2, 0.25) is 0 Å². The Hall–Kier alpha value is -1.66. The van der Waals surface area contributed by atoms with Crippen molar-refractivity contribution in [2.75, 3.05) is 13.7 Å². The Morgan fingerprint density at radius 2 is 1.89 bits per heavy atom. The molecule has 0 fully saturated rings. The molecule has 1 aromatic rings. The van der Waals surface area contributed by atoms with Gasteiger partial charge in [-0.15, -0.1) is 0 Å². The second kappa shape index (κ2) is 6.49. The highest BCUT2D eigenvalue weighted by Gasteiger charge is 2.20. The largest absolute Gasteiger partial charge is 0.384 e. The third-order valence-corrected chi connectivity index (χ3v) is 3.11. The number of carbonyl (C=O) groups excluding carboxylic acids is 1. The van der Waals surface area contributed by atoms with Crippen LogP contribution in [0, 0.1) is 11.3 Å². The van der Waals surface area contributed by atoms with Crippen molar-refractivity contribution in [2.45, 2.75) is 38.5 Å². The zero-order chi connectivity index (χ0) is 14.5. The Labute approximate surface area is 115 Å². The van der Waals surface area contributed by atoms with Crippen LogP contribution >= 0.6 is 0 Å². The Morgan fingerprint density at radius 3 is 2.32 bits per heavy atom. The lowest BCUT2D eigenvalue weighted by Crippen LogP contribution is -2.14. The first-order valence-electron chi connectivity index (χ1n) is 6.42. The van der Waals surface area contributed by atoms with E-state index < -0.39 is 5.92 Å². The molecule has 0 heterocycles. The molecule has 0 saturated heterocycles. The Bertz CT molecular complexity index is 463. The first-order chi connectivity index (χ1) is 8.90. The minimum atomic E-state index is -0.691. The zero-order valence-electron chi connectivity index (χ0n) is 12.1. The van der Waals surface area contributed by atoms with Crippen molar-refractivity contribution in [2.24, 2.45) is 0 Å². The maximum Gasteiger partial charge on any atom is 0.156 e. The summed E-state index contributed by atoms with van der Waals surface area (Å²) < 4.78 is 4.88. The van der Waals surface area contributed by atoms with Crippen LogP contribution in [0.15, 0.2) is 24.3 Å². The second-order valence-corrected chi connectivity index (χ2v) is 5.64. The molecule has 0 radical (unpaired) electrons. The number of hydrogen-bond acceptors (Lipinski definition) is 3. The average molecular weight is 259 g/mol. The number of rotatable bonds is 5. The van der Waals surface area contributed by atoms with Crippen LogP contribution in [-0.2, 0) is 14.9 Å². The van der Waals surface area contributed by atoms with Gasteiger partial charge in [0.05, 0.1) is 12.7 Å². The number of methoxy groups -OCH3 is 1. The molecule has 0 saturated carbocycles. The number of benzene rings is 1. The molecule has 102 valence electrons. The summed E-state index contributed by atoms with van der Waals surface area (Å²) in [5.41, 5.74) is 2.02. The molecule has 0 aliphatic heterocycles. The van der Waals surface area contributed by atoms with Gasteiger partial charge in [0.25, 0.3) is 0 Å². The molecule has 0 aliphatic carbocycles. The summed E-state index contributed by atoms with van der Waals surface area (Å²) >= 11 is 0. The number of hydrogen-bond donors (Lipinski definition) is 0. The third kappa shape index (κ3) is 4.18. The van der Waals surface area contributed by atoms with Crippen LogP contribution in [0.4, 0.5) is 0 Å². The molecule has 0 spiro atoms. The molecule has 1 atom stereocenters. The van der Waals surface area contributed by atoms with Crippen molar-refractivity contribution in [1.82, 2.24) is 0 Å². The summed E-state index contributed by atoms with van der Waals surface area (Å²) in [6.07, 6.45) is 0.274. The number of nitriles is 1. The molecule has 1 unspecified atom stereocenters. The van der Waals surface area contributed by atoms with Crippen molar-refractivity contribution in [1.29, 1.82) is 5.26 Å². The fraction of sp³-hybridized carbons (Fsp3) is 0.500. The standard InChI is InChI=1S/C16H21NO2/c1-16(2,3)13-7-5-12(6-8-13)14(11-17)15(18)9-10-19-4/h5-8,14H,9-10H2,1-4H3. The van der Waals surface area contributed by atoms with E-state index in [-0.39, 0.29) is 17.6 Å². The summed E-state index contributed by atoms with van der Waals surface area (Å²) in [7, 11) is 1.55. The van der Waals surface area contributed by atoms with Gasteiger partial charge in [0.2, 0.25) is 0 Å². The quantitative estimate of drug-likeness (QED) is 0.816. The van der Waals surface area contributed by atoms with Crippen LogP contribution in [0.5, 0.6) is 0 Å². The van der Waals surface area contributed by atoms with Crippen LogP contribution in [-0.4, -0.2) is 19.5 Å².